The molecule has 19 heavy (non-hydrogen) atoms. The molecule has 0 aliphatic carbocycles. The van der Waals surface area contributed by atoms with Crippen LogP contribution in [-0.2, 0) is 14.3 Å². The molecule has 0 radical (unpaired) electrons. The highest BCUT2D eigenvalue weighted by molar-refractivity contribution is 5.86. The molecule has 104 valence electrons. The van der Waals surface area contributed by atoms with E-state index < -0.39 is 30.1 Å². The maximum atomic E-state index is 12.1. The van der Waals surface area contributed by atoms with Crippen LogP contribution in [0.1, 0.15) is 32.4 Å². The van der Waals surface area contributed by atoms with Crippen molar-refractivity contribution in [2.24, 2.45) is 0 Å². The summed E-state index contributed by atoms with van der Waals surface area (Å²) in [7, 11) is 0. The van der Waals surface area contributed by atoms with Crippen LogP contribution in [0.15, 0.2) is 30.3 Å². The van der Waals surface area contributed by atoms with Crippen molar-refractivity contribution < 1.29 is 19.4 Å². The number of hydrogen-bond acceptors (Lipinski definition) is 4. The van der Waals surface area contributed by atoms with E-state index in [0.29, 0.717) is 5.56 Å². The molecule has 0 bridgehead atoms. The smallest absolute Gasteiger partial charge is 0.333 e. The molecular weight excluding hydrogens is 246 g/mol. The van der Waals surface area contributed by atoms with E-state index in [9.17, 15) is 9.59 Å². The van der Waals surface area contributed by atoms with Crippen LogP contribution in [0.4, 0.5) is 0 Å². The lowest BCUT2D eigenvalue weighted by atomic mass is 10.1. The third-order valence-corrected chi connectivity index (χ3v) is 2.22. The summed E-state index contributed by atoms with van der Waals surface area (Å²) in [5, 5.41) is 11.2. The quantitative estimate of drug-likeness (QED) is 0.801. The fourth-order valence-corrected chi connectivity index (χ4v) is 1.49. The maximum absolute atomic E-state index is 12.1. The van der Waals surface area contributed by atoms with Crippen LogP contribution in [-0.4, -0.2) is 29.2 Å². The first-order valence-corrected chi connectivity index (χ1v) is 6.01. The monoisotopic (exact) mass is 265 g/mol. The summed E-state index contributed by atoms with van der Waals surface area (Å²) in [6.07, 6.45) is 0. The van der Waals surface area contributed by atoms with E-state index in [0.717, 1.165) is 0 Å². The Morgan fingerprint density at radius 1 is 1.26 bits per heavy atom. The van der Waals surface area contributed by atoms with Crippen LogP contribution in [0.5, 0.6) is 0 Å². The van der Waals surface area contributed by atoms with E-state index >= 15 is 0 Å². The predicted octanol–water partition coefficient (Wildman–Crippen LogP) is 1.18. The molecule has 5 nitrogen and oxygen atoms in total. The topological polar surface area (TPSA) is 75.6 Å². The second-order valence-corrected chi connectivity index (χ2v) is 5.10. The summed E-state index contributed by atoms with van der Waals surface area (Å²) in [5.41, 5.74) is -0.0350. The Hall–Kier alpha value is -1.88. The van der Waals surface area contributed by atoms with Gasteiger partial charge in [-0.05, 0) is 26.3 Å². The van der Waals surface area contributed by atoms with Crippen LogP contribution in [0.3, 0.4) is 0 Å². The van der Waals surface area contributed by atoms with Crippen molar-refractivity contribution in [2.75, 3.05) is 6.61 Å². The van der Waals surface area contributed by atoms with E-state index in [1.54, 1.807) is 45.0 Å². The van der Waals surface area contributed by atoms with Crippen LogP contribution in [0.2, 0.25) is 0 Å². The van der Waals surface area contributed by atoms with E-state index in [1.807, 2.05) is 6.07 Å². The van der Waals surface area contributed by atoms with Crippen molar-refractivity contribution in [3.8, 4) is 0 Å². The van der Waals surface area contributed by atoms with Gasteiger partial charge in [0.1, 0.15) is 12.2 Å². The minimum Gasteiger partial charge on any atom is -0.458 e. The molecule has 1 rings (SSSR count). The van der Waals surface area contributed by atoms with Crippen molar-refractivity contribution in [3.63, 3.8) is 0 Å². The van der Waals surface area contributed by atoms with Gasteiger partial charge in [0.2, 0.25) is 5.91 Å². The third kappa shape index (κ3) is 5.09. The Kier molecular flexibility index (Phi) is 5.06. The zero-order valence-electron chi connectivity index (χ0n) is 11.3. The first-order chi connectivity index (χ1) is 8.83. The number of hydrogen-bond donors (Lipinski definition) is 2. The highest BCUT2D eigenvalue weighted by Crippen LogP contribution is 2.18. The van der Waals surface area contributed by atoms with Gasteiger partial charge in [-0.25, -0.2) is 4.79 Å². The van der Waals surface area contributed by atoms with Crippen LogP contribution < -0.4 is 5.32 Å². The molecule has 1 atom stereocenters. The Bertz CT molecular complexity index is 437. The molecule has 0 saturated carbocycles. The summed E-state index contributed by atoms with van der Waals surface area (Å²) in [4.78, 5) is 23.4. The largest absolute Gasteiger partial charge is 0.458 e. The van der Waals surface area contributed by atoms with Gasteiger partial charge in [0, 0.05) is 0 Å². The molecular formula is C14H19NO4. The first kappa shape index (κ1) is 15.2. The second-order valence-electron chi connectivity index (χ2n) is 5.10. The summed E-state index contributed by atoms with van der Waals surface area (Å²) in [6, 6.07) is 7.84. The summed E-state index contributed by atoms with van der Waals surface area (Å²) < 4.78 is 5.26. The van der Waals surface area contributed by atoms with E-state index in [1.165, 1.54) is 0 Å². The minimum atomic E-state index is -0.917. The van der Waals surface area contributed by atoms with E-state index in [4.69, 9.17) is 9.84 Å². The highest BCUT2D eigenvalue weighted by Gasteiger charge is 2.27. The number of amides is 1. The molecule has 0 aliphatic heterocycles. The molecule has 0 heterocycles. The zero-order chi connectivity index (χ0) is 14.5. The summed E-state index contributed by atoms with van der Waals surface area (Å²) >= 11 is 0. The van der Waals surface area contributed by atoms with E-state index in [-0.39, 0.29) is 0 Å². The Labute approximate surface area is 112 Å². The molecule has 1 aromatic rings. The van der Waals surface area contributed by atoms with Crippen LogP contribution in [0, 0.1) is 0 Å². The zero-order valence-corrected chi connectivity index (χ0v) is 11.3. The van der Waals surface area contributed by atoms with Gasteiger partial charge < -0.3 is 15.2 Å². The minimum absolute atomic E-state index is 0.555. The summed E-state index contributed by atoms with van der Waals surface area (Å²) in [5.74, 6) is -1.18. The maximum Gasteiger partial charge on any atom is 0.333 e. The van der Waals surface area contributed by atoms with Gasteiger partial charge in [-0.15, -0.1) is 0 Å². The first-order valence-electron chi connectivity index (χ1n) is 6.01. The lowest BCUT2D eigenvalue weighted by Crippen LogP contribution is -2.39. The molecule has 0 spiro atoms. The van der Waals surface area contributed by atoms with Gasteiger partial charge in [-0.1, -0.05) is 30.3 Å². The van der Waals surface area contributed by atoms with Crippen molar-refractivity contribution >= 4 is 11.9 Å². The second kappa shape index (κ2) is 6.33. The third-order valence-electron chi connectivity index (χ3n) is 2.22. The van der Waals surface area contributed by atoms with Crippen molar-refractivity contribution in [1.29, 1.82) is 0 Å². The molecule has 0 saturated heterocycles. The lowest BCUT2D eigenvalue weighted by Gasteiger charge is -2.24. The SMILES string of the molecule is CC(C)(C)OC(=O)[C@H](NC(=O)CO)c1ccccc1. The lowest BCUT2D eigenvalue weighted by molar-refractivity contribution is -0.159. The predicted molar refractivity (Wildman–Crippen MR) is 70.3 cm³/mol. The van der Waals surface area contributed by atoms with Gasteiger partial charge in [-0.3, -0.25) is 4.79 Å². The Balaban J connectivity index is 2.93. The number of aliphatic hydroxyl groups is 1. The van der Waals surface area contributed by atoms with Gasteiger partial charge in [-0.2, -0.15) is 0 Å². The number of ether oxygens (including phenoxy) is 1. The average Bonchev–Trinajstić information content (AvgIpc) is 2.34. The van der Waals surface area contributed by atoms with Gasteiger partial charge in [0.05, 0.1) is 0 Å². The molecule has 0 fully saturated rings. The number of nitrogens with one attached hydrogen (secondary N) is 1. The van der Waals surface area contributed by atoms with Crippen molar-refractivity contribution in [1.82, 2.24) is 5.32 Å². The normalized spacial score (nSPS) is 12.6. The molecule has 1 aromatic carbocycles. The fourth-order valence-electron chi connectivity index (χ4n) is 1.49. The average molecular weight is 265 g/mol. The Morgan fingerprint density at radius 2 is 1.84 bits per heavy atom. The standard InChI is InChI=1S/C14H19NO4/c1-14(2,3)19-13(18)12(15-11(17)9-16)10-7-5-4-6-8-10/h4-8,12,16H,9H2,1-3H3,(H,15,17)/t12-/m1/s1. The number of carbonyl (C=O) groups excluding carboxylic acids is 2. The molecule has 0 unspecified atom stereocenters. The molecule has 2 N–H and O–H groups in total. The number of rotatable bonds is 4. The van der Waals surface area contributed by atoms with Crippen LogP contribution in [0.25, 0.3) is 0 Å². The molecule has 1 amide bonds. The Morgan fingerprint density at radius 3 is 2.32 bits per heavy atom. The number of carbonyl (C=O) groups is 2. The number of esters is 1. The fraction of sp³-hybridized carbons (Fsp3) is 0.429. The van der Waals surface area contributed by atoms with E-state index in [2.05, 4.69) is 5.32 Å². The van der Waals surface area contributed by atoms with Crippen molar-refractivity contribution in [2.45, 2.75) is 32.4 Å². The molecule has 0 aromatic heterocycles. The number of aliphatic hydroxyl groups excluding tert-OH is 1. The summed E-state index contributed by atoms with van der Waals surface area (Å²) in [6.45, 7) is 4.58. The van der Waals surface area contributed by atoms with Crippen molar-refractivity contribution in [3.05, 3.63) is 35.9 Å². The van der Waals surface area contributed by atoms with Gasteiger partial charge in [0.25, 0.3) is 0 Å². The molecule has 5 heteroatoms. The highest BCUT2D eigenvalue weighted by atomic mass is 16.6. The van der Waals surface area contributed by atoms with Gasteiger partial charge in [0.15, 0.2) is 6.04 Å². The molecule has 0 aliphatic rings. The van der Waals surface area contributed by atoms with Gasteiger partial charge >= 0.3 is 5.97 Å². The number of benzene rings is 1. The van der Waals surface area contributed by atoms with Crippen LogP contribution >= 0.6 is 0 Å².